The van der Waals surface area contributed by atoms with Gasteiger partial charge in [0.05, 0.1) is 0 Å². The molecule has 0 fully saturated rings. The quantitative estimate of drug-likeness (QED) is 0.687. The van der Waals surface area contributed by atoms with Crippen LogP contribution in [0.2, 0.25) is 0 Å². The van der Waals surface area contributed by atoms with Gasteiger partial charge in [0.2, 0.25) is 0 Å². The van der Waals surface area contributed by atoms with Gasteiger partial charge in [-0.25, -0.2) is 4.98 Å². The summed E-state index contributed by atoms with van der Waals surface area (Å²) in [6.45, 7) is 7.42. The molecule has 20 heavy (non-hydrogen) atoms. The molecule has 0 atom stereocenters. The minimum Gasteiger partial charge on any atom is -0.508 e. The lowest BCUT2D eigenvalue weighted by atomic mass is 10.1. The zero-order valence-corrected chi connectivity index (χ0v) is 11.6. The molecule has 2 aromatic rings. The molecule has 104 valence electrons. The molecule has 0 saturated carbocycles. The summed E-state index contributed by atoms with van der Waals surface area (Å²) in [6, 6.07) is 7.11. The van der Waals surface area contributed by atoms with Crippen molar-refractivity contribution < 1.29 is 5.11 Å². The molecule has 0 aliphatic rings. The van der Waals surface area contributed by atoms with E-state index in [1.54, 1.807) is 6.07 Å². The molecular weight excluding hydrogens is 252 g/mol. The van der Waals surface area contributed by atoms with E-state index in [-0.39, 0.29) is 5.75 Å². The third kappa shape index (κ3) is 2.66. The van der Waals surface area contributed by atoms with E-state index >= 15 is 0 Å². The van der Waals surface area contributed by atoms with E-state index in [1.807, 2.05) is 32.0 Å². The monoisotopic (exact) mass is 270 g/mol. The molecule has 0 spiro atoms. The van der Waals surface area contributed by atoms with E-state index in [2.05, 4.69) is 16.9 Å². The number of aryl methyl sites for hydroxylation is 2. The SMILES string of the molecule is C=C(N)c1cc(C)c(N)nc1Nc1ccc(C)c(O)c1. The van der Waals surface area contributed by atoms with Crippen molar-refractivity contribution in [3.05, 3.63) is 47.5 Å². The third-order valence-corrected chi connectivity index (χ3v) is 3.07. The number of benzene rings is 1. The molecule has 0 radical (unpaired) electrons. The van der Waals surface area contributed by atoms with E-state index < -0.39 is 0 Å². The largest absolute Gasteiger partial charge is 0.508 e. The predicted molar refractivity (Wildman–Crippen MR) is 82.7 cm³/mol. The van der Waals surface area contributed by atoms with E-state index in [4.69, 9.17) is 11.5 Å². The summed E-state index contributed by atoms with van der Waals surface area (Å²) < 4.78 is 0. The molecule has 0 aliphatic carbocycles. The molecule has 0 bridgehead atoms. The van der Waals surface area contributed by atoms with Gasteiger partial charge in [-0.1, -0.05) is 12.6 Å². The number of nitrogens with two attached hydrogens (primary N) is 2. The Kier molecular flexibility index (Phi) is 3.52. The minimum absolute atomic E-state index is 0.211. The Balaban J connectivity index is 2.44. The molecule has 5 nitrogen and oxygen atoms in total. The van der Waals surface area contributed by atoms with Gasteiger partial charge in [-0.3, -0.25) is 0 Å². The molecule has 2 rings (SSSR count). The fourth-order valence-corrected chi connectivity index (χ4v) is 1.79. The Hall–Kier alpha value is -2.69. The number of hydrogen-bond acceptors (Lipinski definition) is 5. The normalized spacial score (nSPS) is 10.3. The van der Waals surface area contributed by atoms with Crippen molar-refractivity contribution in [2.75, 3.05) is 11.1 Å². The van der Waals surface area contributed by atoms with Crippen molar-refractivity contribution in [2.45, 2.75) is 13.8 Å². The number of aromatic hydroxyl groups is 1. The number of aromatic nitrogens is 1. The second-order valence-corrected chi connectivity index (χ2v) is 4.74. The first-order chi connectivity index (χ1) is 9.38. The van der Waals surface area contributed by atoms with Crippen LogP contribution in [0.15, 0.2) is 30.8 Å². The first-order valence-electron chi connectivity index (χ1n) is 6.17. The predicted octanol–water partition coefficient (Wildman–Crippen LogP) is 2.66. The Morgan fingerprint density at radius 1 is 1.25 bits per heavy atom. The molecule has 5 heteroatoms. The molecule has 0 saturated heterocycles. The van der Waals surface area contributed by atoms with Gasteiger partial charge < -0.3 is 21.9 Å². The van der Waals surface area contributed by atoms with Gasteiger partial charge in [0.25, 0.3) is 0 Å². The van der Waals surface area contributed by atoms with Crippen molar-refractivity contribution in [2.24, 2.45) is 5.73 Å². The molecule has 1 heterocycles. The summed E-state index contributed by atoms with van der Waals surface area (Å²) in [5.41, 5.74) is 15.0. The second-order valence-electron chi connectivity index (χ2n) is 4.74. The number of phenols is 1. The lowest BCUT2D eigenvalue weighted by molar-refractivity contribution is 0.471. The number of rotatable bonds is 3. The number of nitrogens with zero attached hydrogens (tertiary/aromatic N) is 1. The molecule has 0 unspecified atom stereocenters. The maximum Gasteiger partial charge on any atom is 0.142 e. The summed E-state index contributed by atoms with van der Waals surface area (Å²) in [7, 11) is 0. The minimum atomic E-state index is 0.211. The van der Waals surface area contributed by atoms with Crippen molar-refractivity contribution in [1.29, 1.82) is 0 Å². The van der Waals surface area contributed by atoms with Crippen LogP contribution in [0.4, 0.5) is 17.3 Å². The van der Waals surface area contributed by atoms with Crippen molar-refractivity contribution in [3.8, 4) is 5.75 Å². The smallest absolute Gasteiger partial charge is 0.142 e. The average molecular weight is 270 g/mol. The van der Waals surface area contributed by atoms with Crippen molar-refractivity contribution in [3.63, 3.8) is 0 Å². The van der Waals surface area contributed by atoms with Gasteiger partial charge in [0.15, 0.2) is 0 Å². The van der Waals surface area contributed by atoms with Crippen LogP contribution in [-0.2, 0) is 0 Å². The van der Waals surface area contributed by atoms with Crippen LogP contribution in [0.5, 0.6) is 5.75 Å². The highest BCUT2D eigenvalue weighted by atomic mass is 16.3. The molecule has 0 amide bonds. The van der Waals surface area contributed by atoms with Crippen LogP contribution < -0.4 is 16.8 Å². The van der Waals surface area contributed by atoms with Gasteiger partial charge in [-0.05, 0) is 37.1 Å². The number of hydrogen-bond donors (Lipinski definition) is 4. The first kappa shape index (κ1) is 13.7. The standard InChI is InChI=1S/C15H18N4O/c1-8-4-5-11(7-13(8)20)18-15-12(10(3)16)6-9(2)14(17)19-15/h4-7,20H,3,16H2,1-2H3,(H3,17,18,19). The van der Waals surface area contributed by atoms with E-state index in [1.165, 1.54) is 0 Å². The topological polar surface area (TPSA) is 97.2 Å². The molecule has 0 aliphatic heterocycles. The number of pyridine rings is 1. The highest BCUT2D eigenvalue weighted by Crippen LogP contribution is 2.28. The maximum atomic E-state index is 9.73. The molecular formula is C15H18N4O. The van der Waals surface area contributed by atoms with E-state index in [0.717, 1.165) is 11.1 Å². The summed E-state index contributed by atoms with van der Waals surface area (Å²) in [5.74, 6) is 1.15. The highest BCUT2D eigenvalue weighted by Gasteiger charge is 2.10. The van der Waals surface area contributed by atoms with Crippen LogP contribution in [0.25, 0.3) is 5.70 Å². The van der Waals surface area contributed by atoms with Crippen LogP contribution in [-0.4, -0.2) is 10.1 Å². The summed E-state index contributed by atoms with van der Waals surface area (Å²) in [6.07, 6.45) is 0. The van der Waals surface area contributed by atoms with Crippen molar-refractivity contribution in [1.82, 2.24) is 4.98 Å². The maximum absolute atomic E-state index is 9.73. The fourth-order valence-electron chi connectivity index (χ4n) is 1.79. The van der Waals surface area contributed by atoms with Crippen LogP contribution in [0.1, 0.15) is 16.7 Å². The average Bonchev–Trinajstić information content (AvgIpc) is 2.37. The molecule has 1 aromatic carbocycles. The van der Waals surface area contributed by atoms with Gasteiger partial charge in [-0.15, -0.1) is 0 Å². The fraction of sp³-hybridized carbons (Fsp3) is 0.133. The zero-order chi connectivity index (χ0) is 14.9. The Bertz CT molecular complexity index is 680. The highest BCUT2D eigenvalue weighted by molar-refractivity contribution is 5.76. The van der Waals surface area contributed by atoms with E-state index in [0.29, 0.717) is 28.6 Å². The number of nitrogens with one attached hydrogen (secondary N) is 1. The van der Waals surface area contributed by atoms with Crippen LogP contribution in [0, 0.1) is 13.8 Å². The number of nitrogen functional groups attached to an aromatic ring is 1. The summed E-state index contributed by atoms with van der Waals surface area (Å²) in [4.78, 5) is 4.29. The number of phenolic OH excluding ortho intramolecular Hbond substituents is 1. The van der Waals surface area contributed by atoms with Crippen LogP contribution >= 0.6 is 0 Å². The third-order valence-electron chi connectivity index (χ3n) is 3.07. The summed E-state index contributed by atoms with van der Waals surface area (Å²) in [5, 5.41) is 12.8. The molecule has 6 N–H and O–H groups in total. The first-order valence-corrected chi connectivity index (χ1v) is 6.17. The Morgan fingerprint density at radius 3 is 2.55 bits per heavy atom. The lowest BCUT2D eigenvalue weighted by Gasteiger charge is -2.14. The van der Waals surface area contributed by atoms with Gasteiger partial charge in [-0.2, -0.15) is 0 Å². The van der Waals surface area contributed by atoms with Gasteiger partial charge >= 0.3 is 0 Å². The zero-order valence-electron chi connectivity index (χ0n) is 11.6. The Morgan fingerprint density at radius 2 is 1.95 bits per heavy atom. The lowest BCUT2D eigenvalue weighted by Crippen LogP contribution is -2.06. The molecule has 1 aromatic heterocycles. The van der Waals surface area contributed by atoms with Crippen molar-refractivity contribution >= 4 is 23.0 Å². The second kappa shape index (κ2) is 5.13. The van der Waals surface area contributed by atoms with Gasteiger partial charge in [0.1, 0.15) is 17.4 Å². The Labute approximate surface area is 118 Å². The summed E-state index contributed by atoms with van der Waals surface area (Å²) >= 11 is 0. The van der Waals surface area contributed by atoms with E-state index in [9.17, 15) is 5.11 Å². The van der Waals surface area contributed by atoms with Crippen LogP contribution in [0.3, 0.4) is 0 Å². The van der Waals surface area contributed by atoms with Gasteiger partial charge in [0, 0.05) is 23.0 Å². The number of anilines is 3.